The Morgan fingerprint density at radius 1 is 1.46 bits per heavy atom. The lowest BCUT2D eigenvalue weighted by Crippen LogP contribution is -2.39. The van der Waals surface area contributed by atoms with Gasteiger partial charge in [0.2, 0.25) is 0 Å². The molecule has 2 rings (SSSR count). The van der Waals surface area contributed by atoms with Gasteiger partial charge in [-0.15, -0.1) is 11.8 Å². The van der Waals surface area contributed by atoms with Crippen LogP contribution in [-0.2, 0) is 13.6 Å². The van der Waals surface area contributed by atoms with E-state index in [0.29, 0.717) is 6.54 Å². The minimum Gasteiger partial charge on any atom is -0.336 e. The first kappa shape index (κ1) is 18.4. The van der Waals surface area contributed by atoms with E-state index in [1.807, 2.05) is 37.0 Å². The van der Waals surface area contributed by atoms with Crippen molar-refractivity contribution in [3.8, 4) is 0 Å². The van der Waals surface area contributed by atoms with Crippen LogP contribution in [0.15, 0.2) is 41.6 Å². The first-order chi connectivity index (χ1) is 11.5. The maximum atomic E-state index is 12.6. The van der Waals surface area contributed by atoms with E-state index >= 15 is 0 Å². The molecule has 0 spiro atoms. The summed E-state index contributed by atoms with van der Waals surface area (Å²) in [6.45, 7) is 2.69. The van der Waals surface area contributed by atoms with E-state index in [1.165, 1.54) is 4.90 Å². The molecule has 1 aromatic heterocycles. The van der Waals surface area contributed by atoms with Gasteiger partial charge >= 0.3 is 6.03 Å². The molecule has 0 aliphatic rings. The van der Waals surface area contributed by atoms with Gasteiger partial charge in [0.1, 0.15) is 5.82 Å². The molecule has 0 saturated heterocycles. The van der Waals surface area contributed by atoms with Gasteiger partial charge in [0, 0.05) is 37.9 Å². The summed E-state index contributed by atoms with van der Waals surface area (Å²) in [4.78, 5) is 19.9. The monoisotopic (exact) mass is 346 g/mol. The van der Waals surface area contributed by atoms with E-state index in [0.717, 1.165) is 24.2 Å². The van der Waals surface area contributed by atoms with E-state index < -0.39 is 0 Å². The maximum Gasteiger partial charge on any atom is 0.318 e. The van der Waals surface area contributed by atoms with Gasteiger partial charge in [-0.1, -0.05) is 25.5 Å². The van der Waals surface area contributed by atoms with Gasteiger partial charge in [-0.25, -0.2) is 9.78 Å². The number of carbonyl (C=O) groups is 1. The highest BCUT2D eigenvalue weighted by atomic mass is 32.2. The average molecular weight is 347 g/mol. The molecular formula is C18H26N4OS. The molecule has 1 atom stereocenters. The Labute approximate surface area is 148 Å². The number of aromatic nitrogens is 2. The molecule has 0 aliphatic heterocycles. The molecule has 1 N–H and O–H groups in total. The Morgan fingerprint density at radius 2 is 2.25 bits per heavy atom. The van der Waals surface area contributed by atoms with Crippen LogP contribution in [0.25, 0.3) is 0 Å². The number of benzene rings is 1. The summed E-state index contributed by atoms with van der Waals surface area (Å²) < 4.78 is 1.96. The Bertz CT molecular complexity index is 671. The Hall–Kier alpha value is -1.95. The molecular weight excluding hydrogens is 320 g/mol. The van der Waals surface area contributed by atoms with E-state index in [1.54, 1.807) is 22.9 Å². The van der Waals surface area contributed by atoms with E-state index in [-0.39, 0.29) is 12.1 Å². The quantitative estimate of drug-likeness (QED) is 0.775. The van der Waals surface area contributed by atoms with Crippen LogP contribution in [0.4, 0.5) is 4.79 Å². The van der Waals surface area contributed by atoms with Crippen LogP contribution in [0.2, 0.25) is 0 Å². The molecule has 2 aromatic rings. The number of carbonyl (C=O) groups excluding carboxylic acids is 1. The first-order valence-electron chi connectivity index (χ1n) is 8.17. The van der Waals surface area contributed by atoms with Crippen LogP contribution in [0, 0.1) is 0 Å². The summed E-state index contributed by atoms with van der Waals surface area (Å²) in [6.07, 6.45) is 7.57. The zero-order valence-corrected chi connectivity index (χ0v) is 15.6. The zero-order valence-electron chi connectivity index (χ0n) is 14.8. The van der Waals surface area contributed by atoms with Gasteiger partial charge in [-0.2, -0.15) is 0 Å². The summed E-state index contributed by atoms with van der Waals surface area (Å²) >= 11 is 1.71. The third-order valence-corrected chi connectivity index (χ3v) is 4.67. The van der Waals surface area contributed by atoms with Crippen molar-refractivity contribution >= 4 is 17.8 Å². The summed E-state index contributed by atoms with van der Waals surface area (Å²) in [7, 11) is 3.78. The normalized spacial score (nSPS) is 12.0. The molecule has 0 aliphatic carbocycles. The van der Waals surface area contributed by atoms with Crippen molar-refractivity contribution in [2.45, 2.75) is 37.2 Å². The fraction of sp³-hybridized carbons (Fsp3) is 0.444. The van der Waals surface area contributed by atoms with E-state index in [2.05, 4.69) is 35.6 Å². The van der Waals surface area contributed by atoms with E-state index in [9.17, 15) is 4.79 Å². The van der Waals surface area contributed by atoms with Crippen LogP contribution < -0.4 is 5.32 Å². The predicted octanol–water partition coefficient (Wildman–Crippen LogP) is 3.82. The number of urea groups is 1. The maximum absolute atomic E-state index is 12.6. The number of hydrogen-bond acceptors (Lipinski definition) is 3. The van der Waals surface area contributed by atoms with Crippen LogP contribution in [0.1, 0.15) is 37.2 Å². The molecule has 0 saturated carbocycles. The molecule has 0 fully saturated rings. The molecule has 1 aromatic carbocycles. The number of aryl methyl sites for hydroxylation is 1. The van der Waals surface area contributed by atoms with Crippen molar-refractivity contribution in [3.63, 3.8) is 0 Å². The van der Waals surface area contributed by atoms with Crippen molar-refractivity contribution < 1.29 is 4.79 Å². The average Bonchev–Trinajstić information content (AvgIpc) is 3.00. The van der Waals surface area contributed by atoms with Crippen LogP contribution in [0.3, 0.4) is 0 Å². The SMILES string of the molecule is CCC[C@H](NC(=O)N(C)Cc1cccc(SC)c1)c1nccn1C. The minimum atomic E-state index is -0.0778. The lowest BCUT2D eigenvalue weighted by atomic mass is 10.1. The number of nitrogens with zero attached hydrogens (tertiary/aromatic N) is 3. The minimum absolute atomic E-state index is 0.0671. The molecule has 5 nitrogen and oxygen atoms in total. The topological polar surface area (TPSA) is 50.2 Å². The van der Waals surface area contributed by atoms with Crippen molar-refractivity contribution in [1.82, 2.24) is 19.8 Å². The number of thioether (sulfide) groups is 1. The fourth-order valence-electron chi connectivity index (χ4n) is 2.64. The fourth-order valence-corrected chi connectivity index (χ4v) is 3.13. The molecule has 130 valence electrons. The highest BCUT2D eigenvalue weighted by molar-refractivity contribution is 7.98. The number of hydrogen-bond donors (Lipinski definition) is 1. The summed E-state index contributed by atoms with van der Waals surface area (Å²) in [6, 6.07) is 8.13. The predicted molar refractivity (Wildman–Crippen MR) is 99.1 cm³/mol. The van der Waals surface area contributed by atoms with Crippen LogP contribution in [-0.4, -0.2) is 33.8 Å². The van der Waals surface area contributed by atoms with Crippen molar-refractivity contribution in [3.05, 3.63) is 48.0 Å². The Morgan fingerprint density at radius 3 is 2.88 bits per heavy atom. The lowest BCUT2D eigenvalue weighted by molar-refractivity contribution is 0.201. The largest absolute Gasteiger partial charge is 0.336 e. The molecule has 24 heavy (non-hydrogen) atoms. The molecule has 6 heteroatoms. The van der Waals surface area contributed by atoms with Crippen molar-refractivity contribution in [1.29, 1.82) is 0 Å². The Kier molecular flexibility index (Phi) is 6.73. The van der Waals surface area contributed by atoms with Gasteiger partial charge in [0.15, 0.2) is 0 Å². The smallest absolute Gasteiger partial charge is 0.318 e. The third kappa shape index (κ3) is 4.77. The zero-order chi connectivity index (χ0) is 17.5. The number of imidazole rings is 1. The standard InChI is InChI=1S/C18H26N4OS/c1-5-7-16(17-19-10-11-21(17)2)20-18(23)22(3)13-14-8-6-9-15(12-14)24-4/h6,8-12,16H,5,7,13H2,1-4H3,(H,20,23)/t16-/m0/s1. The molecule has 0 unspecified atom stereocenters. The second-order valence-corrected chi connectivity index (χ2v) is 6.77. The van der Waals surface area contributed by atoms with Gasteiger partial charge < -0.3 is 14.8 Å². The van der Waals surface area contributed by atoms with Crippen LogP contribution in [0.5, 0.6) is 0 Å². The number of amides is 2. The van der Waals surface area contributed by atoms with Crippen LogP contribution >= 0.6 is 11.8 Å². The first-order valence-corrected chi connectivity index (χ1v) is 9.39. The Balaban J connectivity index is 2.02. The summed E-state index contributed by atoms with van der Waals surface area (Å²) in [5.74, 6) is 0.892. The van der Waals surface area contributed by atoms with Gasteiger partial charge in [0.05, 0.1) is 6.04 Å². The van der Waals surface area contributed by atoms with Crippen molar-refractivity contribution in [2.75, 3.05) is 13.3 Å². The number of rotatable bonds is 7. The second-order valence-electron chi connectivity index (χ2n) is 5.89. The molecule has 2 amide bonds. The summed E-state index contributed by atoms with van der Waals surface area (Å²) in [5, 5.41) is 3.11. The second kappa shape index (κ2) is 8.78. The lowest BCUT2D eigenvalue weighted by Gasteiger charge is -2.23. The van der Waals surface area contributed by atoms with Gasteiger partial charge in [0.25, 0.3) is 0 Å². The molecule has 1 heterocycles. The van der Waals surface area contributed by atoms with Crippen molar-refractivity contribution in [2.24, 2.45) is 7.05 Å². The number of nitrogens with one attached hydrogen (secondary N) is 1. The third-order valence-electron chi connectivity index (χ3n) is 3.95. The summed E-state index contributed by atoms with van der Waals surface area (Å²) in [5.41, 5.74) is 1.13. The van der Waals surface area contributed by atoms with Gasteiger partial charge in [-0.05, 0) is 30.4 Å². The highest BCUT2D eigenvalue weighted by Crippen LogP contribution is 2.18. The van der Waals surface area contributed by atoms with E-state index in [4.69, 9.17) is 0 Å². The molecule has 0 radical (unpaired) electrons. The molecule has 0 bridgehead atoms. The highest BCUT2D eigenvalue weighted by Gasteiger charge is 2.19. The van der Waals surface area contributed by atoms with Gasteiger partial charge in [-0.3, -0.25) is 0 Å².